The number of hydrogen-bond donors (Lipinski definition) is 1. The molecule has 1 rings (SSSR count). The van der Waals surface area contributed by atoms with E-state index in [2.05, 4.69) is 5.32 Å². The molecular formula is C29H33NO4. The van der Waals surface area contributed by atoms with Crippen LogP contribution >= 0.6 is 0 Å². The number of carbonyl (C=O) groups excluding carboxylic acids is 3. The number of carbonyl (C=O) groups is 3. The van der Waals surface area contributed by atoms with E-state index in [0.717, 1.165) is 11.1 Å². The van der Waals surface area contributed by atoms with Crippen LogP contribution in [0.15, 0.2) is 115 Å². The molecule has 0 radical (unpaired) electrons. The molecule has 1 atom stereocenters. The van der Waals surface area contributed by atoms with Crippen LogP contribution in [-0.4, -0.2) is 30.8 Å². The summed E-state index contributed by atoms with van der Waals surface area (Å²) in [6.45, 7) is 3.33. The highest BCUT2D eigenvalue weighted by molar-refractivity contribution is 5.92. The van der Waals surface area contributed by atoms with Crippen LogP contribution in [0.5, 0.6) is 0 Å². The second-order valence-corrected chi connectivity index (χ2v) is 7.30. The molecule has 0 aliphatic carbocycles. The van der Waals surface area contributed by atoms with E-state index in [0.29, 0.717) is 6.42 Å². The predicted octanol–water partition coefficient (Wildman–Crippen LogP) is 5.15. The zero-order valence-electron chi connectivity index (χ0n) is 20.0. The van der Waals surface area contributed by atoms with E-state index in [1.54, 1.807) is 32.1 Å². The van der Waals surface area contributed by atoms with Crippen LogP contribution in [0, 0.1) is 0 Å². The van der Waals surface area contributed by atoms with E-state index in [9.17, 15) is 14.4 Å². The van der Waals surface area contributed by atoms with E-state index < -0.39 is 12.0 Å². The first kappa shape index (κ1) is 28.0. The second-order valence-electron chi connectivity index (χ2n) is 7.30. The van der Waals surface area contributed by atoms with Gasteiger partial charge in [0.1, 0.15) is 6.04 Å². The lowest BCUT2D eigenvalue weighted by atomic mass is 10.1. The van der Waals surface area contributed by atoms with Crippen LogP contribution in [0.4, 0.5) is 0 Å². The topological polar surface area (TPSA) is 72.5 Å². The molecule has 178 valence electrons. The van der Waals surface area contributed by atoms with Crippen molar-refractivity contribution < 1.29 is 19.1 Å². The van der Waals surface area contributed by atoms with Gasteiger partial charge in [-0.2, -0.15) is 0 Å². The summed E-state index contributed by atoms with van der Waals surface area (Å²) in [4.78, 5) is 35.2. The molecule has 1 unspecified atom stereocenters. The number of hydrogen-bond acceptors (Lipinski definition) is 4. The molecule has 1 aromatic rings. The van der Waals surface area contributed by atoms with Crippen molar-refractivity contribution in [3.63, 3.8) is 0 Å². The summed E-state index contributed by atoms with van der Waals surface area (Å²) >= 11 is 0. The number of ether oxygens (including phenoxy) is 1. The summed E-state index contributed by atoms with van der Waals surface area (Å²) in [7, 11) is 1.31. The molecule has 34 heavy (non-hydrogen) atoms. The van der Waals surface area contributed by atoms with E-state index in [1.807, 2.05) is 91.1 Å². The number of nitrogens with one attached hydrogen (secondary N) is 1. The molecule has 0 heterocycles. The molecule has 5 nitrogen and oxygen atoms in total. The van der Waals surface area contributed by atoms with Crippen LogP contribution in [0.1, 0.15) is 25.8 Å². The van der Waals surface area contributed by atoms with Crippen molar-refractivity contribution in [1.82, 2.24) is 5.32 Å². The maximum Gasteiger partial charge on any atom is 0.328 e. The molecule has 0 saturated heterocycles. The number of rotatable bonds is 13. The second kappa shape index (κ2) is 17.6. The third kappa shape index (κ3) is 13.4. The Kier molecular flexibility index (Phi) is 14.5. The Morgan fingerprint density at radius 1 is 0.824 bits per heavy atom. The Labute approximate surface area is 202 Å². The summed E-state index contributed by atoms with van der Waals surface area (Å²) < 4.78 is 4.81. The van der Waals surface area contributed by atoms with Gasteiger partial charge in [0.25, 0.3) is 0 Å². The molecule has 0 aliphatic rings. The van der Waals surface area contributed by atoms with Crippen molar-refractivity contribution in [2.75, 3.05) is 7.11 Å². The molecule has 0 spiro atoms. The fourth-order valence-corrected chi connectivity index (χ4v) is 2.59. The molecular weight excluding hydrogens is 426 g/mol. The Hall–Kier alpha value is -3.99. The predicted molar refractivity (Wildman–Crippen MR) is 138 cm³/mol. The van der Waals surface area contributed by atoms with Gasteiger partial charge in [0, 0.05) is 12.8 Å². The SMILES string of the molecule is COC(=O)C(Cc1ccccc1)NC(=O)CC=CC=CC=CC=CC=CC=CC=C(C)C(C)=O. The molecule has 0 aromatic heterocycles. The smallest absolute Gasteiger partial charge is 0.328 e. The van der Waals surface area contributed by atoms with Gasteiger partial charge >= 0.3 is 5.97 Å². The van der Waals surface area contributed by atoms with Crippen molar-refractivity contribution in [2.45, 2.75) is 32.7 Å². The van der Waals surface area contributed by atoms with Gasteiger partial charge in [-0.3, -0.25) is 9.59 Å². The Morgan fingerprint density at radius 2 is 1.35 bits per heavy atom. The average molecular weight is 460 g/mol. The highest BCUT2D eigenvalue weighted by Crippen LogP contribution is 2.05. The third-order valence-electron chi connectivity index (χ3n) is 4.56. The lowest BCUT2D eigenvalue weighted by molar-refractivity contribution is -0.145. The van der Waals surface area contributed by atoms with Crippen molar-refractivity contribution in [3.8, 4) is 0 Å². The Bertz CT molecular complexity index is 992. The number of benzene rings is 1. The first-order valence-corrected chi connectivity index (χ1v) is 11.0. The number of esters is 1. The maximum atomic E-state index is 12.2. The van der Waals surface area contributed by atoms with Crippen molar-refractivity contribution in [1.29, 1.82) is 0 Å². The van der Waals surface area contributed by atoms with E-state index in [4.69, 9.17) is 4.74 Å². The summed E-state index contributed by atoms with van der Waals surface area (Å²) in [6.07, 6.45) is 24.5. The lowest BCUT2D eigenvalue weighted by Gasteiger charge is -2.16. The Morgan fingerprint density at radius 3 is 1.88 bits per heavy atom. The van der Waals surface area contributed by atoms with Crippen molar-refractivity contribution >= 4 is 17.7 Å². The molecule has 1 N–H and O–H groups in total. The first-order valence-electron chi connectivity index (χ1n) is 11.0. The van der Waals surface area contributed by atoms with Gasteiger partial charge in [-0.25, -0.2) is 4.79 Å². The summed E-state index contributed by atoms with van der Waals surface area (Å²) in [6, 6.07) is 8.76. The summed E-state index contributed by atoms with van der Waals surface area (Å²) in [5, 5.41) is 2.73. The van der Waals surface area contributed by atoms with Gasteiger partial charge in [-0.15, -0.1) is 0 Å². The molecule has 0 bridgehead atoms. The molecule has 0 aliphatic heterocycles. The van der Waals surface area contributed by atoms with E-state index in [1.165, 1.54) is 7.11 Å². The number of ketones is 1. The molecule has 5 heteroatoms. The first-order chi connectivity index (χ1) is 16.4. The quantitative estimate of drug-likeness (QED) is 0.252. The fraction of sp³-hybridized carbons (Fsp3) is 0.207. The van der Waals surface area contributed by atoms with Crippen LogP contribution in [-0.2, 0) is 25.5 Å². The minimum Gasteiger partial charge on any atom is -0.467 e. The van der Waals surface area contributed by atoms with Crippen LogP contribution < -0.4 is 5.32 Å². The summed E-state index contributed by atoms with van der Waals surface area (Å²) in [5.41, 5.74) is 1.67. The molecule has 1 amide bonds. The van der Waals surface area contributed by atoms with E-state index in [-0.39, 0.29) is 18.1 Å². The molecule has 0 fully saturated rings. The lowest BCUT2D eigenvalue weighted by Crippen LogP contribution is -2.42. The summed E-state index contributed by atoms with van der Waals surface area (Å²) in [5.74, 6) is -0.650. The molecule has 0 saturated carbocycles. The van der Waals surface area contributed by atoms with Crippen molar-refractivity contribution in [3.05, 3.63) is 120 Å². The number of Topliss-reactive ketones (excluding diaryl/α,β-unsaturated/α-hetero) is 1. The normalized spacial score (nSPS) is 13.7. The minimum absolute atomic E-state index is 0.0656. The number of allylic oxidation sites excluding steroid dienone is 13. The standard InChI is InChI=1S/C29H33NO4/c1-24(25(2)31)19-15-12-10-8-6-4-5-7-9-11-13-18-22-28(32)30-27(29(33)34-3)23-26-20-16-14-17-21-26/h4-21,27H,22-23H2,1-3H3,(H,30,32). The fourth-order valence-electron chi connectivity index (χ4n) is 2.59. The van der Waals surface area contributed by atoms with Gasteiger partial charge in [0.15, 0.2) is 5.78 Å². The highest BCUT2D eigenvalue weighted by atomic mass is 16.5. The van der Waals surface area contributed by atoms with Gasteiger partial charge in [0.2, 0.25) is 5.91 Å². The van der Waals surface area contributed by atoms with Gasteiger partial charge in [0.05, 0.1) is 7.11 Å². The van der Waals surface area contributed by atoms with Crippen LogP contribution in [0.2, 0.25) is 0 Å². The minimum atomic E-state index is -0.718. The largest absolute Gasteiger partial charge is 0.467 e. The van der Waals surface area contributed by atoms with Gasteiger partial charge < -0.3 is 10.1 Å². The van der Waals surface area contributed by atoms with E-state index >= 15 is 0 Å². The van der Waals surface area contributed by atoms with Gasteiger partial charge in [-0.1, -0.05) is 109 Å². The zero-order chi connectivity index (χ0) is 25.0. The van der Waals surface area contributed by atoms with Crippen molar-refractivity contribution in [2.24, 2.45) is 0 Å². The monoisotopic (exact) mass is 459 g/mol. The van der Waals surface area contributed by atoms with Gasteiger partial charge in [-0.05, 0) is 25.0 Å². The average Bonchev–Trinajstić information content (AvgIpc) is 2.83. The van der Waals surface area contributed by atoms with Crippen LogP contribution in [0.3, 0.4) is 0 Å². The zero-order valence-corrected chi connectivity index (χ0v) is 20.0. The number of amides is 1. The highest BCUT2D eigenvalue weighted by Gasteiger charge is 2.21. The Balaban J connectivity index is 2.37. The number of methoxy groups -OCH3 is 1. The molecule has 1 aromatic carbocycles. The maximum absolute atomic E-state index is 12.2. The third-order valence-corrected chi connectivity index (χ3v) is 4.56. The van der Waals surface area contributed by atoms with Crippen LogP contribution in [0.25, 0.3) is 0 Å².